The summed E-state index contributed by atoms with van der Waals surface area (Å²) in [4.78, 5) is 10.5. The van der Waals surface area contributed by atoms with E-state index in [0.717, 1.165) is 11.4 Å². The van der Waals surface area contributed by atoms with E-state index in [1.807, 2.05) is 0 Å². The van der Waals surface area contributed by atoms with Gasteiger partial charge in [0.15, 0.2) is 0 Å². The van der Waals surface area contributed by atoms with Crippen molar-refractivity contribution < 1.29 is 26.2 Å². The molecule has 28 heavy (non-hydrogen) atoms. The summed E-state index contributed by atoms with van der Waals surface area (Å²) in [5.41, 5.74) is 3.63. The molecular weight excluding hydrogens is 452 g/mol. The minimum absolute atomic E-state index is 0. The Balaban J connectivity index is 0.00000196. The van der Waals surface area contributed by atoms with Crippen LogP contribution in [-0.2, 0) is 26.2 Å². The number of rotatable bonds is 6. The first-order valence-corrected chi connectivity index (χ1v) is 15.7. The Morgan fingerprint density at radius 2 is 1.04 bits per heavy atom. The van der Waals surface area contributed by atoms with E-state index in [0.29, 0.717) is 11.1 Å². The summed E-state index contributed by atoms with van der Waals surface area (Å²) in [6, 6.07) is 21.0. The second kappa shape index (κ2) is 10.4. The fourth-order valence-electron chi connectivity index (χ4n) is 4.68. The number of benzene rings is 2. The van der Waals surface area contributed by atoms with Crippen LogP contribution >= 0.6 is 0 Å². The molecule has 3 rings (SSSR count). The molecule has 0 aromatic heterocycles. The van der Waals surface area contributed by atoms with Gasteiger partial charge in [0.25, 0.3) is 0 Å². The number of hydrogen-bond donors (Lipinski definition) is 0. The van der Waals surface area contributed by atoms with Crippen molar-refractivity contribution in [2.75, 3.05) is 0 Å². The summed E-state index contributed by atoms with van der Waals surface area (Å²) in [5.74, 6) is 1.68. The fourth-order valence-corrected chi connectivity index (χ4v) is 11.2. The minimum atomic E-state index is -1.72. The molecule has 1 aliphatic carbocycles. The SMILES string of the molecule is C[C-]1C([Si](C)(C)[N-]c2ccccc2)CCC1[Si](C)(C)[N-]c1ccccc1.[CH3-].[Zr+4]. The van der Waals surface area contributed by atoms with Crippen LogP contribution in [0.3, 0.4) is 0 Å². The molecule has 2 unspecified atom stereocenters. The van der Waals surface area contributed by atoms with Gasteiger partial charge in [-0.3, -0.25) is 0 Å². The van der Waals surface area contributed by atoms with Crippen LogP contribution in [-0.4, -0.2) is 16.5 Å². The monoisotopic (exact) mass is 484 g/mol. The van der Waals surface area contributed by atoms with Gasteiger partial charge in [0.1, 0.15) is 0 Å². The molecule has 2 aromatic rings. The molecule has 5 heteroatoms. The van der Waals surface area contributed by atoms with E-state index in [2.05, 4.69) is 93.8 Å². The van der Waals surface area contributed by atoms with Gasteiger partial charge in [0, 0.05) is 0 Å². The van der Waals surface area contributed by atoms with Crippen molar-refractivity contribution in [3.05, 3.63) is 84.0 Å². The maximum atomic E-state index is 5.23. The molecule has 0 bridgehead atoms. The molecule has 148 valence electrons. The fraction of sp³-hybridized carbons (Fsp3) is 0.391. The molecule has 2 aromatic carbocycles. The van der Waals surface area contributed by atoms with E-state index in [4.69, 9.17) is 9.96 Å². The van der Waals surface area contributed by atoms with Gasteiger partial charge < -0.3 is 23.3 Å². The maximum Gasteiger partial charge on any atom is 4.00 e. The van der Waals surface area contributed by atoms with E-state index < -0.39 is 16.5 Å². The molecule has 1 saturated carbocycles. The Bertz CT molecular complexity index is 646. The topological polar surface area (TPSA) is 28.2 Å². The molecule has 0 radical (unpaired) electrons. The quantitative estimate of drug-likeness (QED) is 0.290. The van der Waals surface area contributed by atoms with Crippen LogP contribution < -0.4 is 0 Å². The van der Waals surface area contributed by atoms with Gasteiger partial charge in [0.2, 0.25) is 0 Å². The zero-order valence-corrected chi connectivity index (χ0v) is 22.7. The molecule has 0 heterocycles. The smallest absolute Gasteiger partial charge is 0.688 e. The van der Waals surface area contributed by atoms with Crippen LogP contribution in [0.1, 0.15) is 19.8 Å². The summed E-state index contributed by atoms with van der Waals surface area (Å²) in [6.07, 6.45) is 2.57. The standard InChI is InChI=1S/C22H31N2Si2.CH3.Zr/c1-18-21(25(2,3)23-19-12-8-6-9-13-19)16-17-22(18)26(4,5)24-20-14-10-7-11-15-20;;/h6-15,21-22H,16-17H2,1-5H3;1H3;/q-3;-1;+4. The van der Waals surface area contributed by atoms with Crippen LogP contribution in [0.15, 0.2) is 60.7 Å². The predicted molar refractivity (Wildman–Crippen MR) is 126 cm³/mol. The normalized spacial score (nSPS) is 20.0. The maximum absolute atomic E-state index is 5.23. The summed E-state index contributed by atoms with van der Waals surface area (Å²) in [7, 11) is -3.44. The predicted octanol–water partition coefficient (Wildman–Crippen LogP) is 8.38. The van der Waals surface area contributed by atoms with E-state index >= 15 is 0 Å². The van der Waals surface area contributed by atoms with E-state index in [1.165, 1.54) is 12.8 Å². The molecule has 0 saturated heterocycles. The molecule has 0 amide bonds. The van der Waals surface area contributed by atoms with Gasteiger partial charge in [-0.25, -0.2) is 0 Å². The van der Waals surface area contributed by atoms with Crippen molar-refractivity contribution in [3.63, 3.8) is 0 Å². The molecule has 0 spiro atoms. The Labute approximate surface area is 194 Å². The van der Waals surface area contributed by atoms with Crippen molar-refractivity contribution in [2.24, 2.45) is 0 Å². The van der Waals surface area contributed by atoms with Crippen LogP contribution in [0, 0.1) is 13.3 Å². The Morgan fingerprint density at radius 3 is 1.36 bits per heavy atom. The van der Waals surface area contributed by atoms with Gasteiger partial charge in [-0.05, 0) is 0 Å². The second-order valence-electron chi connectivity index (χ2n) is 8.63. The van der Waals surface area contributed by atoms with Gasteiger partial charge in [0.05, 0.1) is 0 Å². The second-order valence-corrected chi connectivity index (χ2v) is 17.1. The van der Waals surface area contributed by atoms with Crippen LogP contribution in [0.2, 0.25) is 37.3 Å². The Morgan fingerprint density at radius 1 is 0.714 bits per heavy atom. The molecular formula is C23H34N2Si2Zr. The van der Waals surface area contributed by atoms with Crippen molar-refractivity contribution in [1.29, 1.82) is 0 Å². The Hall–Kier alpha value is -0.643. The minimum Gasteiger partial charge on any atom is -0.688 e. The van der Waals surface area contributed by atoms with Crippen molar-refractivity contribution >= 4 is 27.8 Å². The molecule has 1 fully saturated rings. The summed E-state index contributed by atoms with van der Waals surface area (Å²) >= 11 is 0. The molecule has 0 N–H and O–H groups in total. The first-order valence-electron chi connectivity index (χ1n) is 9.69. The van der Waals surface area contributed by atoms with E-state index in [-0.39, 0.29) is 33.6 Å². The Kier molecular flexibility index (Phi) is 9.44. The first kappa shape index (κ1) is 25.4. The average molecular weight is 486 g/mol. The molecule has 2 nitrogen and oxygen atoms in total. The van der Waals surface area contributed by atoms with Gasteiger partial charge in [-0.2, -0.15) is 18.0 Å². The van der Waals surface area contributed by atoms with Crippen molar-refractivity contribution in [1.82, 2.24) is 0 Å². The summed E-state index contributed by atoms with van der Waals surface area (Å²) in [5, 5.41) is 0. The van der Waals surface area contributed by atoms with Crippen LogP contribution in [0.25, 0.3) is 9.96 Å². The number of nitrogens with zero attached hydrogens (tertiary/aromatic N) is 2. The third-order valence-corrected chi connectivity index (χ3v) is 12.5. The van der Waals surface area contributed by atoms with Gasteiger partial charge >= 0.3 is 26.2 Å². The summed E-state index contributed by atoms with van der Waals surface area (Å²) < 4.78 is 0. The van der Waals surface area contributed by atoms with E-state index in [1.54, 1.807) is 5.92 Å². The van der Waals surface area contributed by atoms with Gasteiger partial charge in [-0.1, -0.05) is 116 Å². The average Bonchev–Trinajstić information content (AvgIpc) is 2.99. The molecule has 0 aliphatic heterocycles. The van der Waals surface area contributed by atoms with Gasteiger partial charge in [-0.15, -0.1) is 11.4 Å². The zero-order chi connectivity index (χ0) is 18.8. The number of hydrogen-bond acceptors (Lipinski definition) is 0. The molecule has 1 aliphatic rings. The van der Waals surface area contributed by atoms with Crippen LogP contribution in [0.4, 0.5) is 11.4 Å². The van der Waals surface area contributed by atoms with Crippen LogP contribution in [0.5, 0.6) is 0 Å². The summed E-state index contributed by atoms with van der Waals surface area (Å²) in [6.45, 7) is 12.1. The largest absolute Gasteiger partial charge is 4.00 e. The molecule has 2 atom stereocenters. The third-order valence-electron chi connectivity index (χ3n) is 5.90. The third kappa shape index (κ3) is 5.93. The van der Waals surface area contributed by atoms with E-state index in [9.17, 15) is 0 Å². The first-order chi connectivity index (χ1) is 12.3. The zero-order valence-electron chi connectivity index (χ0n) is 18.2. The van der Waals surface area contributed by atoms with Crippen molar-refractivity contribution in [3.8, 4) is 0 Å². The van der Waals surface area contributed by atoms with Crippen molar-refractivity contribution in [2.45, 2.75) is 57.0 Å².